The number of hydrogen-bond donors (Lipinski definition) is 1. The summed E-state index contributed by atoms with van der Waals surface area (Å²) in [6, 6.07) is 8.61. The first-order valence-electron chi connectivity index (χ1n) is 5.42. The van der Waals surface area contributed by atoms with Crippen molar-refractivity contribution in [3.8, 4) is 0 Å². The van der Waals surface area contributed by atoms with Gasteiger partial charge in [0.2, 0.25) is 5.91 Å². The lowest BCUT2D eigenvalue weighted by molar-refractivity contribution is -0.116. The first kappa shape index (κ1) is 13.0. The highest BCUT2D eigenvalue weighted by Gasteiger charge is 2.06. The Morgan fingerprint density at radius 1 is 1.22 bits per heavy atom. The average Bonchev–Trinajstić information content (AvgIpc) is 2.84. The number of anilines is 1. The average molecular weight is 284 g/mol. The SMILES string of the molecule is O=C(CCc1ccco1)Nc1ccc(Cl)c(Cl)c1. The highest BCUT2D eigenvalue weighted by Crippen LogP contribution is 2.25. The zero-order valence-corrected chi connectivity index (χ0v) is 11.0. The van der Waals surface area contributed by atoms with Crippen molar-refractivity contribution in [1.29, 1.82) is 0 Å². The third-order valence-electron chi connectivity index (χ3n) is 2.38. The number of carbonyl (C=O) groups is 1. The molecule has 0 saturated carbocycles. The molecule has 0 aliphatic heterocycles. The maximum Gasteiger partial charge on any atom is 0.224 e. The van der Waals surface area contributed by atoms with Gasteiger partial charge < -0.3 is 9.73 Å². The van der Waals surface area contributed by atoms with E-state index in [4.69, 9.17) is 27.6 Å². The fourth-order valence-electron chi connectivity index (χ4n) is 1.49. The van der Waals surface area contributed by atoms with E-state index in [9.17, 15) is 4.79 Å². The van der Waals surface area contributed by atoms with Crippen LogP contribution in [0.25, 0.3) is 0 Å². The van der Waals surface area contributed by atoms with Crippen molar-refractivity contribution in [2.24, 2.45) is 0 Å². The zero-order chi connectivity index (χ0) is 13.0. The van der Waals surface area contributed by atoms with Crippen LogP contribution in [0.2, 0.25) is 10.0 Å². The van der Waals surface area contributed by atoms with Crippen LogP contribution in [0.1, 0.15) is 12.2 Å². The van der Waals surface area contributed by atoms with Crippen LogP contribution in [0.15, 0.2) is 41.0 Å². The van der Waals surface area contributed by atoms with Crippen molar-refractivity contribution in [2.75, 3.05) is 5.32 Å². The second-order valence-electron chi connectivity index (χ2n) is 3.76. The van der Waals surface area contributed by atoms with E-state index in [1.807, 2.05) is 6.07 Å². The number of benzene rings is 1. The van der Waals surface area contributed by atoms with Crippen molar-refractivity contribution >= 4 is 34.8 Å². The minimum Gasteiger partial charge on any atom is -0.469 e. The molecule has 1 aromatic heterocycles. The molecule has 1 heterocycles. The third kappa shape index (κ3) is 3.52. The summed E-state index contributed by atoms with van der Waals surface area (Å²) in [5.74, 6) is 0.698. The summed E-state index contributed by atoms with van der Waals surface area (Å²) in [6.07, 6.45) is 2.51. The maximum absolute atomic E-state index is 11.7. The van der Waals surface area contributed by atoms with Crippen LogP contribution in [0.4, 0.5) is 5.69 Å². The van der Waals surface area contributed by atoms with Gasteiger partial charge in [0.05, 0.1) is 16.3 Å². The summed E-state index contributed by atoms with van der Waals surface area (Å²) in [5.41, 5.74) is 0.633. The standard InChI is InChI=1S/C13H11Cl2NO2/c14-11-5-3-9(8-12(11)15)16-13(17)6-4-10-2-1-7-18-10/h1-3,5,7-8H,4,6H2,(H,16,17). The molecule has 0 aliphatic carbocycles. The molecule has 2 rings (SSSR count). The molecule has 0 saturated heterocycles. The molecule has 0 aliphatic rings. The summed E-state index contributed by atoms with van der Waals surface area (Å²) < 4.78 is 5.15. The number of halogens is 2. The van der Waals surface area contributed by atoms with E-state index in [1.165, 1.54) is 0 Å². The fourth-order valence-corrected chi connectivity index (χ4v) is 1.79. The Bertz CT molecular complexity index is 538. The van der Waals surface area contributed by atoms with E-state index < -0.39 is 0 Å². The molecule has 3 nitrogen and oxygen atoms in total. The number of rotatable bonds is 4. The van der Waals surface area contributed by atoms with Gasteiger partial charge in [-0.2, -0.15) is 0 Å². The molecule has 94 valence electrons. The van der Waals surface area contributed by atoms with Crippen LogP contribution in [-0.4, -0.2) is 5.91 Å². The lowest BCUT2D eigenvalue weighted by atomic mass is 10.2. The molecular weight excluding hydrogens is 273 g/mol. The summed E-state index contributed by atoms with van der Waals surface area (Å²) in [6.45, 7) is 0. The Morgan fingerprint density at radius 3 is 2.72 bits per heavy atom. The lowest BCUT2D eigenvalue weighted by Gasteiger charge is -2.05. The van der Waals surface area contributed by atoms with E-state index in [0.29, 0.717) is 28.6 Å². The minimum absolute atomic E-state index is 0.0928. The predicted molar refractivity (Wildman–Crippen MR) is 72.1 cm³/mol. The van der Waals surface area contributed by atoms with Gasteiger partial charge in [-0.3, -0.25) is 4.79 Å². The number of amides is 1. The van der Waals surface area contributed by atoms with E-state index in [-0.39, 0.29) is 5.91 Å². The van der Waals surface area contributed by atoms with Crippen LogP contribution in [0, 0.1) is 0 Å². The van der Waals surface area contributed by atoms with Crippen molar-refractivity contribution < 1.29 is 9.21 Å². The number of nitrogens with one attached hydrogen (secondary N) is 1. The van der Waals surface area contributed by atoms with E-state index >= 15 is 0 Å². The molecule has 0 radical (unpaired) electrons. The molecule has 1 aromatic carbocycles. The van der Waals surface area contributed by atoms with Gasteiger partial charge in [-0.1, -0.05) is 23.2 Å². The highest BCUT2D eigenvalue weighted by atomic mass is 35.5. The van der Waals surface area contributed by atoms with Gasteiger partial charge in [0.15, 0.2) is 0 Å². The molecule has 0 spiro atoms. The zero-order valence-electron chi connectivity index (χ0n) is 9.45. The van der Waals surface area contributed by atoms with Crippen LogP contribution in [0.3, 0.4) is 0 Å². The molecule has 0 unspecified atom stereocenters. The van der Waals surface area contributed by atoms with Crippen LogP contribution >= 0.6 is 23.2 Å². The van der Waals surface area contributed by atoms with Gasteiger partial charge in [-0.25, -0.2) is 0 Å². The number of hydrogen-bond acceptors (Lipinski definition) is 2. The summed E-state index contributed by atoms with van der Waals surface area (Å²) in [5, 5.41) is 3.63. The maximum atomic E-state index is 11.7. The molecule has 5 heteroatoms. The first-order chi connectivity index (χ1) is 8.65. The Kier molecular flexibility index (Phi) is 4.28. The lowest BCUT2D eigenvalue weighted by Crippen LogP contribution is -2.12. The second-order valence-corrected chi connectivity index (χ2v) is 4.57. The summed E-state index contributed by atoms with van der Waals surface area (Å²) in [7, 11) is 0. The number of aryl methyl sites for hydroxylation is 1. The molecule has 18 heavy (non-hydrogen) atoms. The fraction of sp³-hybridized carbons (Fsp3) is 0.154. The Morgan fingerprint density at radius 2 is 2.06 bits per heavy atom. The summed E-state index contributed by atoms with van der Waals surface area (Å²) in [4.78, 5) is 11.7. The van der Waals surface area contributed by atoms with Crippen molar-refractivity contribution in [3.05, 3.63) is 52.4 Å². The molecule has 1 N–H and O–H groups in total. The number of carbonyl (C=O) groups excluding carboxylic acids is 1. The summed E-state index contributed by atoms with van der Waals surface area (Å²) >= 11 is 11.6. The van der Waals surface area contributed by atoms with Gasteiger partial charge >= 0.3 is 0 Å². The monoisotopic (exact) mass is 283 g/mol. The van der Waals surface area contributed by atoms with Gasteiger partial charge in [0.1, 0.15) is 5.76 Å². The normalized spacial score (nSPS) is 10.3. The highest BCUT2D eigenvalue weighted by molar-refractivity contribution is 6.42. The van der Waals surface area contributed by atoms with Crippen molar-refractivity contribution in [2.45, 2.75) is 12.8 Å². The first-order valence-corrected chi connectivity index (χ1v) is 6.18. The van der Waals surface area contributed by atoms with E-state index in [1.54, 1.807) is 30.5 Å². The third-order valence-corrected chi connectivity index (χ3v) is 3.12. The molecule has 0 atom stereocenters. The largest absolute Gasteiger partial charge is 0.469 e. The van der Waals surface area contributed by atoms with Gasteiger partial charge in [-0.15, -0.1) is 0 Å². The Labute approximate surface area is 115 Å². The predicted octanol–water partition coefficient (Wildman–Crippen LogP) is 4.16. The minimum atomic E-state index is -0.0928. The van der Waals surface area contributed by atoms with Crippen LogP contribution in [-0.2, 0) is 11.2 Å². The molecule has 0 bridgehead atoms. The molecule has 1 amide bonds. The quantitative estimate of drug-likeness (QED) is 0.916. The molecular formula is C13H11Cl2NO2. The molecule has 2 aromatic rings. The van der Waals surface area contributed by atoms with Crippen LogP contribution in [0.5, 0.6) is 0 Å². The van der Waals surface area contributed by atoms with Crippen molar-refractivity contribution in [3.63, 3.8) is 0 Å². The van der Waals surface area contributed by atoms with Gasteiger partial charge in [0.25, 0.3) is 0 Å². The second kappa shape index (κ2) is 5.94. The topological polar surface area (TPSA) is 42.2 Å². The molecule has 0 fully saturated rings. The van der Waals surface area contributed by atoms with Gasteiger partial charge in [-0.05, 0) is 30.3 Å². The van der Waals surface area contributed by atoms with E-state index in [0.717, 1.165) is 5.76 Å². The van der Waals surface area contributed by atoms with Gasteiger partial charge in [0, 0.05) is 18.5 Å². The van der Waals surface area contributed by atoms with Crippen molar-refractivity contribution in [1.82, 2.24) is 0 Å². The Balaban J connectivity index is 1.88. The number of furan rings is 1. The van der Waals surface area contributed by atoms with E-state index in [2.05, 4.69) is 5.32 Å². The smallest absolute Gasteiger partial charge is 0.224 e. The Hall–Kier alpha value is -1.45. The van der Waals surface area contributed by atoms with Crippen LogP contribution < -0.4 is 5.32 Å².